The van der Waals surface area contributed by atoms with Gasteiger partial charge in [-0.15, -0.1) is 0 Å². The van der Waals surface area contributed by atoms with E-state index >= 15 is 0 Å². The number of phenolic OH excluding ortho intramolecular Hbond substituents is 1. The largest absolute Gasteiger partial charge is 0.508 e. The molecule has 0 saturated carbocycles. The lowest BCUT2D eigenvalue weighted by atomic mass is 10.1. The number of phenols is 1. The number of aromatic nitrogens is 2. The second-order valence-electron chi connectivity index (χ2n) is 4.32. The molecular formula is C12H13N3O5S. The fraction of sp³-hybridized carbons (Fsp3) is 0.167. The summed E-state index contributed by atoms with van der Waals surface area (Å²) in [5.74, 6) is -1.25. The van der Waals surface area contributed by atoms with Crippen LogP contribution in [0.2, 0.25) is 0 Å². The first-order chi connectivity index (χ1) is 9.88. The zero-order valence-corrected chi connectivity index (χ0v) is 11.5. The van der Waals surface area contributed by atoms with Crippen molar-refractivity contribution in [3.05, 3.63) is 42.2 Å². The first-order valence-corrected chi connectivity index (χ1v) is 7.38. The van der Waals surface area contributed by atoms with Crippen molar-refractivity contribution in [2.45, 2.75) is 17.4 Å². The van der Waals surface area contributed by atoms with Gasteiger partial charge < -0.3 is 10.2 Å². The lowest BCUT2D eigenvalue weighted by Crippen LogP contribution is -2.42. The second-order valence-corrected chi connectivity index (χ2v) is 6.03. The Morgan fingerprint density at radius 3 is 2.52 bits per heavy atom. The summed E-state index contributed by atoms with van der Waals surface area (Å²) in [6, 6.07) is 4.53. The second kappa shape index (κ2) is 5.94. The van der Waals surface area contributed by atoms with E-state index in [0.29, 0.717) is 5.56 Å². The molecule has 0 aliphatic carbocycles. The molecule has 0 aliphatic heterocycles. The predicted octanol–water partition coefficient (Wildman–Crippen LogP) is 0.0895. The zero-order chi connectivity index (χ0) is 15.5. The maximum Gasteiger partial charge on any atom is 0.322 e. The standard InChI is InChI=1S/C12H13N3O5S/c16-9-3-1-8(2-4-9)5-11(12(17)18)15-21(19,20)10-6-13-14-7-10/h1-4,6-7,11,15-16H,5H2,(H,13,14)(H,17,18)/t11-/m1/s1. The molecule has 1 heterocycles. The lowest BCUT2D eigenvalue weighted by Gasteiger charge is -2.14. The number of hydrogen-bond acceptors (Lipinski definition) is 5. The highest BCUT2D eigenvalue weighted by atomic mass is 32.2. The predicted molar refractivity (Wildman–Crippen MR) is 72.1 cm³/mol. The van der Waals surface area contributed by atoms with Crippen LogP contribution in [0.4, 0.5) is 0 Å². The summed E-state index contributed by atoms with van der Waals surface area (Å²) in [4.78, 5) is 11.1. The highest BCUT2D eigenvalue weighted by molar-refractivity contribution is 7.89. The summed E-state index contributed by atoms with van der Waals surface area (Å²) in [5, 5.41) is 24.2. The van der Waals surface area contributed by atoms with Gasteiger partial charge in [-0.2, -0.15) is 9.82 Å². The number of nitrogens with one attached hydrogen (secondary N) is 2. The molecule has 21 heavy (non-hydrogen) atoms. The number of sulfonamides is 1. The Kier molecular flexibility index (Phi) is 4.24. The van der Waals surface area contributed by atoms with Crippen LogP contribution in [0, 0.1) is 0 Å². The molecule has 0 bridgehead atoms. The van der Waals surface area contributed by atoms with Crippen LogP contribution >= 0.6 is 0 Å². The van der Waals surface area contributed by atoms with Gasteiger partial charge in [-0.05, 0) is 24.1 Å². The fourth-order valence-corrected chi connectivity index (χ4v) is 2.78. The molecule has 2 aromatic rings. The van der Waals surface area contributed by atoms with Gasteiger partial charge in [0.1, 0.15) is 16.7 Å². The maximum absolute atomic E-state index is 12.0. The Balaban J connectivity index is 2.17. The Hall–Kier alpha value is -2.39. The number of hydrogen-bond donors (Lipinski definition) is 4. The molecule has 0 unspecified atom stereocenters. The molecule has 2 rings (SSSR count). The lowest BCUT2D eigenvalue weighted by molar-refractivity contribution is -0.138. The number of rotatable bonds is 6. The molecule has 112 valence electrons. The number of H-pyrrole nitrogens is 1. The number of nitrogens with zero attached hydrogens (tertiary/aromatic N) is 1. The molecule has 0 radical (unpaired) electrons. The van der Waals surface area contributed by atoms with Gasteiger partial charge >= 0.3 is 5.97 Å². The van der Waals surface area contributed by atoms with Crippen molar-refractivity contribution >= 4 is 16.0 Å². The van der Waals surface area contributed by atoms with E-state index in [1.807, 2.05) is 0 Å². The number of aliphatic carboxylic acids is 1. The summed E-state index contributed by atoms with van der Waals surface area (Å²) < 4.78 is 26.1. The van der Waals surface area contributed by atoms with Crippen LogP contribution in [-0.2, 0) is 21.2 Å². The number of carboxylic acids is 1. The molecule has 0 amide bonds. The molecule has 4 N–H and O–H groups in total. The molecule has 0 aliphatic rings. The fourth-order valence-electron chi connectivity index (χ4n) is 1.69. The van der Waals surface area contributed by atoms with Crippen molar-refractivity contribution < 1.29 is 23.4 Å². The Morgan fingerprint density at radius 2 is 2.00 bits per heavy atom. The van der Waals surface area contributed by atoms with Crippen molar-refractivity contribution in [2.24, 2.45) is 0 Å². The summed E-state index contributed by atoms with van der Waals surface area (Å²) in [6.07, 6.45) is 2.19. The third kappa shape index (κ3) is 3.80. The molecule has 1 atom stereocenters. The minimum Gasteiger partial charge on any atom is -0.508 e. The van der Waals surface area contributed by atoms with Crippen molar-refractivity contribution in [2.75, 3.05) is 0 Å². The van der Waals surface area contributed by atoms with Crippen LogP contribution in [0.3, 0.4) is 0 Å². The van der Waals surface area contributed by atoms with E-state index in [0.717, 1.165) is 12.4 Å². The number of aromatic hydroxyl groups is 1. The summed E-state index contributed by atoms with van der Waals surface area (Å²) >= 11 is 0. The van der Waals surface area contributed by atoms with Gasteiger partial charge in [0.25, 0.3) is 0 Å². The van der Waals surface area contributed by atoms with E-state index in [4.69, 9.17) is 5.11 Å². The van der Waals surface area contributed by atoms with Gasteiger partial charge in [-0.1, -0.05) is 12.1 Å². The van der Waals surface area contributed by atoms with Crippen LogP contribution in [-0.4, -0.2) is 40.8 Å². The summed E-state index contributed by atoms with van der Waals surface area (Å²) in [7, 11) is -3.96. The zero-order valence-electron chi connectivity index (χ0n) is 10.7. The summed E-state index contributed by atoms with van der Waals surface area (Å²) in [6.45, 7) is 0. The van der Waals surface area contributed by atoms with E-state index in [9.17, 15) is 18.3 Å². The highest BCUT2D eigenvalue weighted by Crippen LogP contribution is 2.13. The first-order valence-electron chi connectivity index (χ1n) is 5.90. The minimum absolute atomic E-state index is 0.0459. The quantitative estimate of drug-likeness (QED) is 0.597. The van der Waals surface area contributed by atoms with E-state index in [2.05, 4.69) is 14.9 Å². The van der Waals surface area contributed by atoms with Gasteiger partial charge in [0.15, 0.2) is 0 Å². The minimum atomic E-state index is -3.96. The molecule has 0 spiro atoms. The van der Waals surface area contributed by atoms with Gasteiger partial charge in [-0.3, -0.25) is 9.89 Å². The molecule has 0 saturated heterocycles. The van der Waals surface area contributed by atoms with Gasteiger partial charge in [0, 0.05) is 6.20 Å². The third-order valence-electron chi connectivity index (χ3n) is 2.76. The van der Waals surface area contributed by atoms with E-state index in [-0.39, 0.29) is 17.1 Å². The monoisotopic (exact) mass is 311 g/mol. The number of aromatic amines is 1. The van der Waals surface area contributed by atoms with Gasteiger partial charge in [0.05, 0.1) is 6.20 Å². The first kappa shape index (κ1) is 15.0. The van der Waals surface area contributed by atoms with Crippen molar-refractivity contribution in [1.82, 2.24) is 14.9 Å². The normalized spacial score (nSPS) is 13.0. The van der Waals surface area contributed by atoms with E-state index < -0.39 is 22.0 Å². The van der Waals surface area contributed by atoms with Crippen molar-refractivity contribution in [1.29, 1.82) is 0 Å². The molecule has 0 fully saturated rings. The number of carboxylic acid groups (broad SMARTS) is 1. The Bertz CT molecular complexity index is 710. The molecule has 8 nitrogen and oxygen atoms in total. The SMILES string of the molecule is O=C(O)[C@@H](Cc1ccc(O)cc1)NS(=O)(=O)c1cn[nH]c1. The Labute approximate surface area is 120 Å². The maximum atomic E-state index is 12.0. The van der Waals surface area contributed by atoms with Crippen LogP contribution in [0.1, 0.15) is 5.56 Å². The molecular weight excluding hydrogens is 298 g/mol. The van der Waals surface area contributed by atoms with Crippen molar-refractivity contribution in [3.63, 3.8) is 0 Å². The smallest absolute Gasteiger partial charge is 0.322 e. The van der Waals surface area contributed by atoms with E-state index in [1.165, 1.54) is 24.3 Å². The average Bonchev–Trinajstić information content (AvgIpc) is 2.95. The molecule has 1 aromatic carbocycles. The summed E-state index contributed by atoms with van der Waals surface area (Å²) in [5.41, 5.74) is 0.579. The number of carbonyl (C=O) groups is 1. The van der Waals surface area contributed by atoms with E-state index in [1.54, 1.807) is 0 Å². The van der Waals surface area contributed by atoms with Gasteiger partial charge in [-0.25, -0.2) is 8.42 Å². The topological polar surface area (TPSA) is 132 Å². The van der Waals surface area contributed by atoms with Crippen molar-refractivity contribution in [3.8, 4) is 5.75 Å². The van der Waals surface area contributed by atoms with Crippen LogP contribution in [0.25, 0.3) is 0 Å². The highest BCUT2D eigenvalue weighted by Gasteiger charge is 2.26. The average molecular weight is 311 g/mol. The number of benzene rings is 1. The van der Waals surface area contributed by atoms with Crippen LogP contribution in [0.5, 0.6) is 5.75 Å². The van der Waals surface area contributed by atoms with Gasteiger partial charge in [0.2, 0.25) is 10.0 Å². The molecule has 1 aromatic heterocycles. The molecule has 9 heteroatoms. The Morgan fingerprint density at radius 1 is 1.33 bits per heavy atom. The van der Waals surface area contributed by atoms with Crippen LogP contribution in [0.15, 0.2) is 41.6 Å². The van der Waals surface area contributed by atoms with Crippen LogP contribution < -0.4 is 4.72 Å². The third-order valence-corrected chi connectivity index (χ3v) is 4.19.